The molecule has 2 aliphatic heterocycles. The first-order chi connectivity index (χ1) is 11.9. The van der Waals surface area contributed by atoms with Gasteiger partial charge in [0.15, 0.2) is 0 Å². The largest absolute Gasteiger partial charge is 0.315 e. The summed E-state index contributed by atoms with van der Waals surface area (Å²) in [6, 6.07) is 11.8. The van der Waals surface area contributed by atoms with E-state index in [1.807, 2.05) is 30.3 Å². The Morgan fingerprint density at radius 3 is 2.72 bits per heavy atom. The fourth-order valence-electron chi connectivity index (χ4n) is 3.79. The van der Waals surface area contributed by atoms with Gasteiger partial charge in [-0.2, -0.15) is 9.57 Å². The average molecular weight is 365 g/mol. The second-order valence-corrected chi connectivity index (χ2v) is 9.18. The zero-order valence-corrected chi connectivity index (χ0v) is 15.0. The van der Waals surface area contributed by atoms with Crippen LogP contribution in [0.1, 0.15) is 18.4 Å². The van der Waals surface area contributed by atoms with Crippen LogP contribution in [-0.4, -0.2) is 50.8 Å². The minimum atomic E-state index is -3.66. The van der Waals surface area contributed by atoms with E-state index in [0.29, 0.717) is 19.4 Å². The third kappa shape index (κ3) is 4.20. The van der Waals surface area contributed by atoms with Gasteiger partial charge in [-0.25, -0.2) is 12.8 Å². The molecule has 2 heterocycles. The number of hydrogen-bond donors (Lipinski definition) is 1. The van der Waals surface area contributed by atoms with Gasteiger partial charge in [-0.3, -0.25) is 0 Å². The van der Waals surface area contributed by atoms with Crippen LogP contribution in [0.2, 0.25) is 0 Å². The third-order valence-electron chi connectivity index (χ3n) is 5.23. The summed E-state index contributed by atoms with van der Waals surface area (Å²) in [5, 5.41) is 12.6. The monoisotopic (exact) mass is 365 g/mol. The lowest BCUT2D eigenvalue weighted by atomic mass is 9.84. The average Bonchev–Trinajstić information content (AvgIpc) is 2.98. The van der Waals surface area contributed by atoms with Crippen molar-refractivity contribution in [3.8, 4) is 6.07 Å². The van der Waals surface area contributed by atoms with E-state index in [9.17, 15) is 18.1 Å². The predicted octanol–water partition coefficient (Wildman–Crippen LogP) is 1.72. The molecule has 2 saturated heterocycles. The molecular weight excluding hydrogens is 341 g/mol. The van der Waals surface area contributed by atoms with Crippen molar-refractivity contribution >= 4 is 10.0 Å². The molecule has 1 unspecified atom stereocenters. The molecule has 3 rings (SSSR count). The van der Waals surface area contributed by atoms with Crippen LogP contribution >= 0.6 is 0 Å². The molecule has 7 heteroatoms. The van der Waals surface area contributed by atoms with E-state index in [0.717, 1.165) is 18.5 Å². The molecular formula is C18H24FN3O2S. The maximum Gasteiger partial charge on any atom is 0.215 e. The Morgan fingerprint density at radius 1 is 1.32 bits per heavy atom. The molecule has 1 aromatic carbocycles. The van der Waals surface area contributed by atoms with Crippen LogP contribution in [0.15, 0.2) is 30.3 Å². The number of nitriles is 1. The Balaban J connectivity index is 1.68. The lowest BCUT2D eigenvalue weighted by Gasteiger charge is -2.32. The van der Waals surface area contributed by atoms with Gasteiger partial charge in [-0.1, -0.05) is 30.3 Å². The summed E-state index contributed by atoms with van der Waals surface area (Å²) in [5.74, 6) is -0.562. The first-order valence-corrected chi connectivity index (χ1v) is 10.3. The first kappa shape index (κ1) is 18.3. The Morgan fingerprint density at radius 2 is 2.08 bits per heavy atom. The van der Waals surface area contributed by atoms with E-state index >= 15 is 0 Å². The number of nitrogens with one attached hydrogen (secondary N) is 1. The Hall–Kier alpha value is -1.49. The fourth-order valence-corrected chi connectivity index (χ4v) is 5.77. The molecule has 2 fully saturated rings. The summed E-state index contributed by atoms with van der Waals surface area (Å²) in [6.07, 6.45) is 0.707. The Bertz CT molecular complexity index is 726. The van der Waals surface area contributed by atoms with Crippen LogP contribution in [0, 0.1) is 22.7 Å². The smallest absolute Gasteiger partial charge is 0.215 e. The van der Waals surface area contributed by atoms with Crippen molar-refractivity contribution in [2.45, 2.75) is 25.4 Å². The molecule has 0 bridgehead atoms. The number of benzene rings is 1. The third-order valence-corrected chi connectivity index (χ3v) is 7.23. The number of nitrogens with zero attached hydrogens (tertiary/aromatic N) is 2. The molecule has 136 valence electrons. The summed E-state index contributed by atoms with van der Waals surface area (Å²) >= 11 is 0. The van der Waals surface area contributed by atoms with Crippen LogP contribution in [0.3, 0.4) is 0 Å². The molecule has 0 radical (unpaired) electrons. The highest BCUT2D eigenvalue weighted by Crippen LogP contribution is 2.32. The highest BCUT2D eigenvalue weighted by atomic mass is 32.2. The van der Waals surface area contributed by atoms with E-state index in [1.165, 1.54) is 4.31 Å². The van der Waals surface area contributed by atoms with Gasteiger partial charge in [-0.15, -0.1) is 0 Å². The molecule has 0 aliphatic carbocycles. The number of halogens is 1. The molecule has 0 saturated carbocycles. The van der Waals surface area contributed by atoms with E-state index in [2.05, 4.69) is 11.4 Å². The molecule has 1 aromatic rings. The van der Waals surface area contributed by atoms with E-state index in [-0.39, 0.29) is 24.8 Å². The molecule has 25 heavy (non-hydrogen) atoms. The lowest BCUT2D eigenvalue weighted by Crippen LogP contribution is -2.46. The van der Waals surface area contributed by atoms with Gasteiger partial charge in [0.1, 0.15) is 6.17 Å². The van der Waals surface area contributed by atoms with Gasteiger partial charge in [0, 0.05) is 25.6 Å². The molecule has 1 N–H and O–H groups in total. The second kappa shape index (κ2) is 7.40. The number of sulfonamides is 1. The first-order valence-electron chi connectivity index (χ1n) is 8.72. The van der Waals surface area contributed by atoms with E-state index in [4.69, 9.17) is 0 Å². The van der Waals surface area contributed by atoms with Gasteiger partial charge in [0.05, 0.1) is 17.2 Å². The summed E-state index contributed by atoms with van der Waals surface area (Å²) in [7, 11) is -3.66. The molecule has 3 atom stereocenters. The van der Waals surface area contributed by atoms with Crippen LogP contribution in [0.5, 0.6) is 0 Å². The Kier molecular flexibility index (Phi) is 5.42. The number of piperidine rings is 1. The van der Waals surface area contributed by atoms with Crippen molar-refractivity contribution in [1.82, 2.24) is 9.62 Å². The van der Waals surface area contributed by atoms with Gasteiger partial charge in [-0.05, 0) is 31.4 Å². The normalized spacial score (nSPS) is 30.9. The minimum absolute atomic E-state index is 0.102. The summed E-state index contributed by atoms with van der Waals surface area (Å²) in [6.45, 7) is 1.27. The summed E-state index contributed by atoms with van der Waals surface area (Å²) in [4.78, 5) is 0. The summed E-state index contributed by atoms with van der Waals surface area (Å²) in [5.41, 5.74) is 0.111. The van der Waals surface area contributed by atoms with Gasteiger partial charge >= 0.3 is 0 Å². The molecule has 0 amide bonds. The zero-order chi connectivity index (χ0) is 17.9. The number of rotatable bonds is 5. The van der Waals surface area contributed by atoms with Crippen molar-refractivity contribution in [2.24, 2.45) is 11.3 Å². The highest BCUT2D eigenvalue weighted by Gasteiger charge is 2.44. The maximum atomic E-state index is 14.4. The molecule has 2 aliphatic rings. The van der Waals surface area contributed by atoms with Crippen molar-refractivity contribution in [1.29, 1.82) is 5.26 Å². The molecule has 0 spiro atoms. The van der Waals surface area contributed by atoms with Crippen molar-refractivity contribution in [2.75, 3.05) is 31.9 Å². The summed E-state index contributed by atoms with van der Waals surface area (Å²) < 4.78 is 41.3. The fraction of sp³-hybridized carbons (Fsp3) is 0.611. The second-order valence-electron chi connectivity index (χ2n) is 7.21. The molecule has 0 aromatic heterocycles. The zero-order valence-electron chi connectivity index (χ0n) is 14.2. The SMILES string of the molecule is N#CC1(CS(=O)(=O)N2C[C@H](Cc3ccccc3)[C@H](F)C2)CCCNC1. The van der Waals surface area contributed by atoms with Crippen LogP contribution in [-0.2, 0) is 16.4 Å². The van der Waals surface area contributed by atoms with Crippen LogP contribution in [0.25, 0.3) is 0 Å². The van der Waals surface area contributed by atoms with Crippen molar-refractivity contribution < 1.29 is 12.8 Å². The number of hydrogen-bond acceptors (Lipinski definition) is 4. The van der Waals surface area contributed by atoms with Crippen LogP contribution < -0.4 is 5.32 Å². The van der Waals surface area contributed by atoms with E-state index in [1.54, 1.807) is 0 Å². The topological polar surface area (TPSA) is 73.2 Å². The standard InChI is InChI=1S/C18H24FN3O2S/c19-17-11-22(10-16(17)9-15-5-2-1-3-6-15)25(23,24)14-18(12-20)7-4-8-21-13-18/h1-3,5-6,16-17,21H,4,7-11,13-14H2/t16-,17+,18?/m0/s1. The maximum absolute atomic E-state index is 14.4. The quantitative estimate of drug-likeness (QED) is 0.862. The van der Waals surface area contributed by atoms with Gasteiger partial charge in [0.25, 0.3) is 0 Å². The lowest BCUT2D eigenvalue weighted by molar-refractivity contribution is 0.280. The van der Waals surface area contributed by atoms with Crippen LogP contribution in [0.4, 0.5) is 4.39 Å². The number of alkyl halides is 1. The predicted molar refractivity (Wildman–Crippen MR) is 94.0 cm³/mol. The molecule has 5 nitrogen and oxygen atoms in total. The van der Waals surface area contributed by atoms with Crippen molar-refractivity contribution in [3.63, 3.8) is 0 Å². The minimum Gasteiger partial charge on any atom is -0.315 e. The van der Waals surface area contributed by atoms with E-state index < -0.39 is 21.6 Å². The Labute approximate surface area is 148 Å². The van der Waals surface area contributed by atoms with Gasteiger partial charge in [0.2, 0.25) is 10.0 Å². The highest BCUT2D eigenvalue weighted by molar-refractivity contribution is 7.89. The van der Waals surface area contributed by atoms with Gasteiger partial charge < -0.3 is 5.32 Å². The van der Waals surface area contributed by atoms with Crippen molar-refractivity contribution in [3.05, 3.63) is 35.9 Å².